The van der Waals surface area contributed by atoms with Gasteiger partial charge < -0.3 is 0 Å². The van der Waals surface area contributed by atoms with Gasteiger partial charge in [-0.2, -0.15) is 5.10 Å². The fraction of sp³-hybridized carbons (Fsp3) is 0.429. The number of nitrogens with zero attached hydrogens (tertiary/aromatic N) is 2. The zero-order valence-corrected chi connectivity index (χ0v) is 5.67. The highest BCUT2D eigenvalue weighted by Crippen LogP contribution is 1.94. The predicted molar refractivity (Wildman–Crippen MR) is 36.9 cm³/mol. The number of rotatable bonds is 2. The molecule has 0 spiro atoms. The smallest absolute Gasteiger partial charge is 0.0518 e. The second-order valence-corrected chi connectivity index (χ2v) is 2.13. The van der Waals surface area contributed by atoms with Crippen LogP contribution in [0, 0.1) is 13.8 Å². The van der Waals surface area contributed by atoms with Crippen molar-refractivity contribution in [2.45, 2.75) is 19.9 Å². The van der Waals surface area contributed by atoms with E-state index in [0.717, 1.165) is 13.0 Å². The molecule has 49 valence electrons. The van der Waals surface area contributed by atoms with Gasteiger partial charge in [-0.15, -0.1) is 0 Å². The zero-order valence-electron chi connectivity index (χ0n) is 5.67. The molecular formula is C7H11N2. The van der Waals surface area contributed by atoms with Gasteiger partial charge in [0.05, 0.1) is 6.20 Å². The lowest BCUT2D eigenvalue weighted by molar-refractivity contribution is 0.622. The van der Waals surface area contributed by atoms with Gasteiger partial charge in [-0.1, -0.05) is 6.92 Å². The minimum absolute atomic E-state index is 0.904. The summed E-state index contributed by atoms with van der Waals surface area (Å²) in [7, 11) is 0. The minimum atomic E-state index is 0.904. The summed E-state index contributed by atoms with van der Waals surface area (Å²) in [4.78, 5) is 0. The molecule has 0 bridgehead atoms. The van der Waals surface area contributed by atoms with Crippen LogP contribution in [0.2, 0.25) is 0 Å². The number of hydrogen-bond donors (Lipinski definition) is 0. The van der Waals surface area contributed by atoms with Crippen molar-refractivity contribution in [1.82, 2.24) is 9.78 Å². The summed E-state index contributed by atoms with van der Waals surface area (Å²) in [5, 5.41) is 4.08. The van der Waals surface area contributed by atoms with Crippen molar-refractivity contribution in [1.29, 1.82) is 0 Å². The number of aryl methyl sites for hydroxylation is 2. The summed E-state index contributed by atoms with van der Waals surface area (Å²) >= 11 is 0. The molecule has 1 aromatic rings. The molecule has 0 aliphatic carbocycles. The molecule has 0 fully saturated rings. The van der Waals surface area contributed by atoms with Crippen LogP contribution in [-0.2, 0) is 6.54 Å². The van der Waals surface area contributed by atoms with Gasteiger partial charge in [-0.25, -0.2) is 0 Å². The van der Waals surface area contributed by atoms with E-state index in [4.69, 9.17) is 0 Å². The van der Waals surface area contributed by atoms with E-state index in [0.29, 0.717) is 0 Å². The lowest BCUT2D eigenvalue weighted by atomic mass is 10.4. The van der Waals surface area contributed by atoms with E-state index in [2.05, 4.69) is 12.0 Å². The Bertz CT molecular complexity index is 179. The fourth-order valence-electron chi connectivity index (χ4n) is 0.751. The third kappa shape index (κ3) is 1.56. The maximum absolute atomic E-state index is 4.08. The highest BCUT2D eigenvalue weighted by atomic mass is 15.3. The average Bonchev–Trinajstić information content (AvgIpc) is 2.17. The highest BCUT2D eigenvalue weighted by molar-refractivity contribution is 4.99. The summed E-state index contributed by atoms with van der Waals surface area (Å²) in [6, 6.07) is 0. The van der Waals surface area contributed by atoms with Crippen molar-refractivity contribution in [3.05, 3.63) is 24.9 Å². The van der Waals surface area contributed by atoms with Gasteiger partial charge in [0, 0.05) is 12.7 Å². The number of hydrogen-bond acceptors (Lipinski definition) is 1. The SMILES string of the molecule is [CH2]CCn1cc(C)cn1. The van der Waals surface area contributed by atoms with Crippen LogP contribution in [0.15, 0.2) is 12.4 Å². The Kier molecular flexibility index (Phi) is 1.88. The van der Waals surface area contributed by atoms with Crippen LogP contribution in [0.25, 0.3) is 0 Å². The first-order valence-electron chi connectivity index (χ1n) is 3.11. The topological polar surface area (TPSA) is 17.8 Å². The van der Waals surface area contributed by atoms with Crippen LogP contribution in [0.4, 0.5) is 0 Å². The van der Waals surface area contributed by atoms with E-state index < -0.39 is 0 Å². The quantitative estimate of drug-likeness (QED) is 0.581. The van der Waals surface area contributed by atoms with Crippen molar-refractivity contribution < 1.29 is 0 Å². The van der Waals surface area contributed by atoms with E-state index in [1.165, 1.54) is 5.56 Å². The molecular weight excluding hydrogens is 112 g/mol. The molecule has 1 rings (SSSR count). The Morgan fingerprint density at radius 3 is 3.00 bits per heavy atom. The van der Waals surface area contributed by atoms with Gasteiger partial charge in [0.2, 0.25) is 0 Å². The molecule has 0 amide bonds. The largest absolute Gasteiger partial charge is 0.272 e. The van der Waals surface area contributed by atoms with Gasteiger partial charge in [0.15, 0.2) is 0 Å². The molecule has 0 saturated heterocycles. The van der Waals surface area contributed by atoms with E-state index in [1.807, 2.05) is 24.0 Å². The normalized spacial score (nSPS) is 10.0. The molecule has 0 atom stereocenters. The minimum Gasteiger partial charge on any atom is -0.272 e. The maximum Gasteiger partial charge on any atom is 0.0518 e. The maximum atomic E-state index is 4.08. The van der Waals surface area contributed by atoms with Crippen LogP contribution >= 0.6 is 0 Å². The van der Waals surface area contributed by atoms with E-state index in [-0.39, 0.29) is 0 Å². The first-order valence-corrected chi connectivity index (χ1v) is 3.11. The third-order valence-electron chi connectivity index (χ3n) is 1.15. The molecule has 0 N–H and O–H groups in total. The van der Waals surface area contributed by atoms with Gasteiger partial charge in [-0.3, -0.25) is 4.68 Å². The van der Waals surface area contributed by atoms with Gasteiger partial charge in [0.1, 0.15) is 0 Å². The molecule has 0 aromatic carbocycles. The summed E-state index contributed by atoms with van der Waals surface area (Å²) in [6.45, 7) is 6.69. The Hall–Kier alpha value is -0.790. The summed E-state index contributed by atoms with van der Waals surface area (Å²) in [6.07, 6.45) is 4.78. The first kappa shape index (κ1) is 6.33. The molecule has 1 aromatic heterocycles. The van der Waals surface area contributed by atoms with Crippen molar-refractivity contribution in [3.63, 3.8) is 0 Å². The molecule has 1 heterocycles. The van der Waals surface area contributed by atoms with Crippen LogP contribution in [-0.4, -0.2) is 9.78 Å². The van der Waals surface area contributed by atoms with Crippen LogP contribution < -0.4 is 0 Å². The molecule has 0 saturated carbocycles. The lowest BCUT2D eigenvalue weighted by Gasteiger charge is -1.93. The average molecular weight is 123 g/mol. The second-order valence-electron chi connectivity index (χ2n) is 2.13. The predicted octanol–water partition coefficient (Wildman–Crippen LogP) is 1.42. The summed E-state index contributed by atoms with van der Waals surface area (Å²) in [5.41, 5.74) is 1.21. The fourth-order valence-corrected chi connectivity index (χ4v) is 0.751. The van der Waals surface area contributed by atoms with Crippen molar-refractivity contribution in [2.24, 2.45) is 0 Å². The van der Waals surface area contributed by atoms with Crippen molar-refractivity contribution >= 4 is 0 Å². The molecule has 2 heteroatoms. The van der Waals surface area contributed by atoms with Crippen molar-refractivity contribution in [3.8, 4) is 0 Å². The Morgan fingerprint density at radius 1 is 1.78 bits per heavy atom. The monoisotopic (exact) mass is 123 g/mol. The van der Waals surface area contributed by atoms with Crippen LogP contribution in [0.1, 0.15) is 12.0 Å². The molecule has 0 unspecified atom stereocenters. The Labute approximate surface area is 55.5 Å². The molecule has 1 radical (unpaired) electrons. The first-order chi connectivity index (χ1) is 4.33. The zero-order chi connectivity index (χ0) is 6.69. The van der Waals surface area contributed by atoms with Gasteiger partial charge >= 0.3 is 0 Å². The van der Waals surface area contributed by atoms with E-state index in [1.54, 1.807) is 0 Å². The highest BCUT2D eigenvalue weighted by Gasteiger charge is 1.88. The second kappa shape index (κ2) is 2.67. The van der Waals surface area contributed by atoms with E-state index >= 15 is 0 Å². The molecule has 0 aliphatic rings. The van der Waals surface area contributed by atoms with Crippen molar-refractivity contribution in [2.75, 3.05) is 0 Å². The summed E-state index contributed by atoms with van der Waals surface area (Å²) in [5.74, 6) is 0. The van der Waals surface area contributed by atoms with E-state index in [9.17, 15) is 0 Å². The molecule has 2 nitrogen and oxygen atoms in total. The summed E-state index contributed by atoms with van der Waals surface area (Å²) < 4.78 is 1.91. The van der Waals surface area contributed by atoms with Crippen LogP contribution in [0.3, 0.4) is 0 Å². The lowest BCUT2D eigenvalue weighted by Crippen LogP contribution is -1.95. The van der Waals surface area contributed by atoms with Crippen LogP contribution in [0.5, 0.6) is 0 Å². The number of aromatic nitrogens is 2. The standard InChI is InChI=1S/C7H11N2/c1-3-4-9-6-7(2)5-8-9/h5-6H,1,3-4H2,2H3. The van der Waals surface area contributed by atoms with Gasteiger partial charge in [-0.05, 0) is 18.9 Å². The Balaban J connectivity index is 2.61. The Morgan fingerprint density at radius 2 is 2.56 bits per heavy atom. The molecule has 0 aliphatic heterocycles. The third-order valence-corrected chi connectivity index (χ3v) is 1.15. The molecule has 9 heavy (non-hydrogen) atoms. The van der Waals surface area contributed by atoms with Gasteiger partial charge in [0.25, 0.3) is 0 Å².